The number of pyridine rings is 3. The minimum atomic E-state index is -1.67. The third kappa shape index (κ3) is 9.44. The average molecular weight is 1050 g/mol. The molecule has 0 saturated heterocycles. The molecule has 8 heteroatoms. The van der Waals surface area contributed by atoms with Crippen molar-refractivity contribution in [2.45, 2.75) is 66.0 Å². The number of hydrogen-bond acceptors (Lipinski definition) is 5. The van der Waals surface area contributed by atoms with Gasteiger partial charge < -0.3 is 14.0 Å². The van der Waals surface area contributed by atoms with Gasteiger partial charge in [0.1, 0.15) is 0 Å². The van der Waals surface area contributed by atoms with E-state index in [0.29, 0.717) is 11.3 Å². The molecule has 0 atom stereocenters. The number of hydrogen-bond donors (Lipinski definition) is 0. The van der Waals surface area contributed by atoms with E-state index in [0.717, 1.165) is 72.1 Å². The first-order chi connectivity index (χ1) is 31.6. The van der Waals surface area contributed by atoms with Crippen molar-refractivity contribution in [2.75, 3.05) is 0 Å². The smallest absolute Gasteiger partial charge is 0.216 e. The molecule has 0 aliphatic rings. The van der Waals surface area contributed by atoms with Crippen molar-refractivity contribution < 1.29 is 27.3 Å². The minimum absolute atomic E-state index is 0. The van der Waals surface area contributed by atoms with Crippen LogP contribution in [0.25, 0.3) is 83.8 Å². The molecule has 0 spiro atoms. The van der Waals surface area contributed by atoms with Gasteiger partial charge in [0, 0.05) is 51.9 Å². The van der Waals surface area contributed by atoms with Gasteiger partial charge in [-0.25, -0.2) is 4.98 Å². The van der Waals surface area contributed by atoms with Gasteiger partial charge in [-0.3, -0.25) is 9.97 Å². The van der Waals surface area contributed by atoms with Crippen LogP contribution in [0.5, 0.6) is 0 Å². The van der Waals surface area contributed by atoms with Gasteiger partial charge in [-0.2, -0.15) is 0 Å². The molecule has 5 aromatic heterocycles. The van der Waals surface area contributed by atoms with Crippen LogP contribution in [0.2, 0.25) is 19.6 Å². The molecular formula is C57H53IrN5OSi-2. The Kier molecular flexibility index (Phi) is 12.2. The molecule has 0 N–H and O–H groups in total. The van der Waals surface area contributed by atoms with Crippen molar-refractivity contribution in [1.29, 1.82) is 0 Å². The standard InChI is InChI=1S/C39H29N4O.C18H24NSi.Ir/c1-39(2,3)31-23-27(25-11-6-4-7-12-25)17-20-34(31)43-35-24-40-22-21-33(35)41-37(43)30-16-10-15-28-29-18-19-32(26-13-8-5-9-14-26)42-38(29)44-36(28)30;1-14(2)11-16-12-17(15-9-7-6-8-10-15)19-13-18(16)20(3,4)5;/h4-15,17-24H,1-3H3;6-9,12-14H,11H2,1-5H3;/q2*-1;/i;11D2;. The molecule has 10 rings (SSSR count). The maximum Gasteiger partial charge on any atom is 0.216 e. The maximum atomic E-state index is 8.55. The van der Waals surface area contributed by atoms with Gasteiger partial charge in [-0.05, 0) is 75.6 Å². The Hall–Kier alpha value is -6.31. The molecule has 0 unspecified atom stereocenters. The SMILES string of the molecule is CC(C)(C)c1cc(-c2ccccc2)ccc1-n1c(-c2[c-]ccc3c2oc2nc(-c4ccccc4)ccc23)nc2ccncc21.[2H]C([2H])(c1cc(-c2[c-]cccc2)ncc1[Si](C)(C)C)C(C)C.[Ir]. The van der Waals surface area contributed by atoms with Gasteiger partial charge in [0.25, 0.3) is 0 Å². The molecule has 6 nitrogen and oxygen atoms in total. The Morgan fingerprint density at radius 3 is 2.15 bits per heavy atom. The number of aromatic nitrogens is 5. The molecule has 0 aliphatic heterocycles. The third-order valence-corrected chi connectivity index (χ3v) is 13.4. The van der Waals surface area contributed by atoms with Crippen LogP contribution in [0, 0.1) is 18.1 Å². The zero-order chi connectivity index (χ0) is 46.4. The first kappa shape index (κ1) is 42.6. The third-order valence-electron chi connectivity index (χ3n) is 11.3. The van der Waals surface area contributed by atoms with E-state index in [-0.39, 0.29) is 31.4 Å². The Balaban J connectivity index is 0.000000224. The summed E-state index contributed by atoms with van der Waals surface area (Å²) in [6.07, 6.45) is 4.20. The van der Waals surface area contributed by atoms with Gasteiger partial charge in [-0.1, -0.05) is 144 Å². The van der Waals surface area contributed by atoms with Gasteiger partial charge in [0.05, 0.1) is 42.4 Å². The number of fused-ring (bicyclic) bond motifs is 4. The molecule has 327 valence electrons. The van der Waals surface area contributed by atoms with E-state index >= 15 is 0 Å². The Labute approximate surface area is 400 Å². The number of rotatable bonds is 8. The maximum absolute atomic E-state index is 8.55. The quantitative estimate of drug-likeness (QED) is 0.112. The van der Waals surface area contributed by atoms with Crippen LogP contribution in [-0.4, -0.2) is 32.6 Å². The number of imidazole rings is 1. The van der Waals surface area contributed by atoms with Crippen molar-refractivity contribution in [3.8, 4) is 50.7 Å². The summed E-state index contributed by atoms with van der Waals surface area (Å²) < 4.78 is 25.9. The van der Waals surface area contributed by atoms with Crippen molar-refractivity contribution in [2.24, 2.45) is 5.92 Å². The van der Waals surface area contributed by atoms with Crippen molar-refractivity contribution >= 4 is 46.4 Å². The van der Waals surface area contributed by atoms with E-state index in [1.165, 1.54) is 16.7 Å². The van der Waals surface area contributed by atoms with Gasteiger partial charge in [-0.15, -0.1) is 54.1 Å². The fourth-order valence-electron chi connectivity index (χ4n) is 8.22. The van der Waals surface area contributed by atoms with Crippen LogP contribution in [0.15, 0.2) is 163 Å². The molecule has 0 aliphatic carbocycles. The second kappa shape index (κ2) is 18.7. The summed E-state index contributed by atoms with van der Waals surface area (Å²) in [7, 11) is -1.67. The zero-order valence-electron chi connectivity index (χ0n) is 40.1. The van der Waals surface area contributed by atoms with E-state index < -0.39 is 14.4 Å². The molecule has 0 fully saturated rings. The van der Waals surface area contributed by atoms with E-state index in [4.69, 9.17) is 17.1 Å². The zero-order valence-corrected chi connectivity index (χ0v) is 41.5. The van der Waals surface area contributed by atoms with Gasteiger partial charge >= 0.3 is 0 Å². The van der Waals surface area contributed by atoms with Crippen LogP contribution >= 0.6 is 0 Å². The molecule has 0 amide bonds. The minimum Gasteiger partial charge on any atom is -0.486 e. The van der Waals surface area contributed by atoms with E-state index in [2.05, 4.69) is 128 Å². The topological polar surface area (TPSA) is 69.6 Å². The van der Waals surface area contributed by atoms with Crippen LogP contribution in [0.4, 0.5) is 0 Å². The Bertz CT molecular complexity index is 3340. The summed E-state index contributed by atoms with van der Waals surface area (Å²) in [6, 6.07) is 53.7. The Morgan fingerprint density at radius 1 is 0.723 bits per heavy atom. The predicted molar refractivity (Wildman–Crippen MR) is 268 cm³/mol. The first-order valence-electron chi connectivity index (χ1n) is 22.9. The number of nitrogens with zero attached hydrogens (tertiary/aromatic N) is 5. The van der Waals surface area contributed by atoms with E-state index in [1.54, 1.807) is 6.20 Å². The summed E-state index contributed by atoms with van der Waals surface area (Å²) in [5.74, 6) is 0.663. The molecule has 1 radical (unpaired) electrons. The fourth-order valence-corrected chi connectivity index (χ4v) is 9.62. The normalized spacial score (nSPS) is 12.4. The second-order valence-electron chi connectivity index (χ2n) is 18.5. The van der Waals surface area contributed by atoms with Crippen LogP contribution in [0.1, 0.15) is 48.5 Å². The molecule has 10 aromatic rings. The van der Waals surface area contributed by atoms with Gasteiger partial charge in [0.2, 0.25) is 5.71 Å². The van der Waals surface area contributed by atoms with Crippen molar-refractivity contribution in [3.05, 3.63) is 181 Å². The fraction of sp³-hybridized carbons (Fsp3) is 0.193. The summed E-state index contributed by atoms with van der Waals surface area (Å²) in [5, 5.41) is 3.04. The summed E-state index contributed by atoms with van der Waals surface area (Å²) in [5.41, 5.74) is 12.7. The van der Waals surface area contributed by atoms with Crippen molar-refractivity contribution in [1.82, 2.24) is 24.5 Å². The molecule has 5 heterocycles. The van der Waals surface area contributed by atoms with E-state index in [1.807, 2.05) is 105 Å². The van der Waals surface area contributed by atoms with Crippen LogP contribution in [0.3, 0.4) is 0 Å². The number of furan rings is 1. The van der Waals surface area contributed by atoms with Crippen molar-refractivity contribution in [3.63, 3.8) is 0 Å². The average Bonchev–Trinajstić information content (AvgIpc) is 3.90. The second-order valence-corrected chi connectivity index (χ2v) is 23.6. The van der Waals surface area contributed by atoms with Gasteiger partial charge in [0.15, 0.2) is 0 Å². The number of benzene rings is 5. The molecular weight excluding hydrogens is 991 g/mol. The van der Waals surface area contributed by atoms with E-state index in [9.17, 15) is 0 Å². The summed E-state index contributed by atoms with van der Waals surface area (Å²) in [4.78, 5) is 19.1. The monoisotopic (exact) mass is 1050 g/mol. The summed E-state index contributed by atoms with van der Waals surface area (Å²) in [6.45, 7) is 17.3. The molecule has 65 heavy (non-hydrogen) atoms. The largest absolute Gasteiger partial charge is 0.486 e. The van der Waals surface area contributed by atoms with Crippen LogP contribution in [-0.2, 0) is 31.9 Å². The first-order valence-corrected chi connectivity index (χ1v) is 25.4. The predicted octanol–water partition coefficient (Wildman–Crippen LogP) is 14.1. The molecule has 0 bridgehead atoms. The molecule has 0 saturated carbocycles. The molecule has 5 aromatic carbocycles. The Morgan fingerprint density at radius 2 is 1.46 bits per heavy atom. The summed E-state index contributed by atoms with van der Waals surface area (Å²) >= 11 is 0. The van der Waals surface area contributed by atoms with Crippen LogP contribution < -0.4 is 5.19 Å².